The Labute approximate surface area is 112 Å². The van der Waals surface area contributed by atoms with Crippen LogP contribution in [-0.4, -0.2) is 11.1 Å². The highest BCUT2D eigenvalue weighted by atomic mass is 19.1. The van der Waals surface area contributed by atoms with Crippen LogP contribution < -0.4 is 4.74 Å². The zero-order valence-electron chi connectivity index (χ0n) is 9.93. The van der Waals surface area contributed by atoms with Crippen molar-refractivity contribution >= 4 is 5.97 Å². The van der Waals surface area contributed by atoms with Gasteiger partial charge in [0.1, 0.15) is 23.2 Å². The highest BCUT2D eigenvalue weighted by Gasteiger charge is 2.17. The molecule has 0 saturated heterocycles. The smallest absolute Gasteiger partial charge is 0.339 e. The van der Waals surface area contributed by atoms with Gasteiger partial charge in [-0.25, -0.2) is 13.6 Å². The van der Waals surface area contributed by atoms with E-state index in [-0.39, 0.29) is 16.9 Å². The van der Waals surface area contributed by atoms with Crippen molar-refractivity contribution in [3.63, 3.8) is 0 Å². The topological polar surface area (TPSA) is 70.3 Å². The Hall–Kier alpha value is -2.94. The Morgan fingerprint density at radius 3 is 2.55 bits per heavy atom. The van der Waals surface area contributed by atoms with E-state index in [4.69, 9.17) is 15.1 Å². The first-order valence-corrected chi connectivity index (χ1v) is 5.42. The van der Waals surface area contributed by atoms with Crippen LogP contribution in [0.3, 0.4) is 0 Å². The molecule has 0 aliphatic rings. The number of carboxylic acid groups (broad SMARTS) is 1. The predicted molar refractivity (Wildman–Crippen MR) is 64.5 cm³/mol. The van der Waals surface area contributed by atoms with Crippen LogP contribution in [0.5, 0.6) is 11.5 Å². The van der Waals surface area contributed by atoms with Gasteiger partial charge in [-0.2, -0.15) is 5.26 Å². The third-order valence-electron chi connectivity index (χ3n) is 2.48. The number of carboxylic acids is 1. The molecular formula is C14H7F2NO3. The lowest BCUT2D eigenvalue weighted by atomic mass is 10.2. The maximum absolute atomic E-state index is 13.6. The first kappa shape index (κ1) is 13.5. The van der Waals surface area contributed by atoms with E-state index in [0.717, 1.165) is 18.2 Å². The van der Waals surface area contributed by atoms with Crippen molar-refractivity contribution in [3.8, 4) is 17.6 Å². The lowest BCUT2D eigenvalue weighted by Gasteiger charge is -2.09. The fourth-order valence-corrected chi connectivity index (χ4v) is 1.55. The van der Waals surface area contributed by atoms with Crippen LogP contribution in [0.2, 0.25) is 0 Å². The number of nitrogens with zero attached hydrogens (tertiary/aromatic N) is 1. The molecule has 6 heteroatoms. The first-order valence-electron chi connectivity index (χ1n) is 5.42. The van der Waals surface area contributed by atoms with E-state index in [1.807, 2.05) is 0 Å². The van der Waals surface area contributed by atoms with Crippen LogP contribution in [0.1, 0.15) is 15.9 Å². The van der Waals surface area contributed by atoms with Crippen molar-refractivity contribution in [1.82, 2.24) is 0 Å². The van der Waals surface area contributed by atoms with Crippen LogP contribution in [-0.2, 0) is 0 Å². The molecule has 0 atom stereocenters. The number of rotatable bonds is 3. The van der Waals surface area contributed by atoms with E-state index in [1.54, 1.807) is 6.07 Å². The molecule has 0 spiro atoms. The molecule has 0 aliphatic heterocycles. The molecule has 20 heavy (non-hydrogen) atoms. The van der Waals surface area contributed by atoms with Gasteiger partial charge in [0.05, 0.1) is 5.56 Å². The molecule has 1 N–H and O–H groups in total. The van der Waals surface area contributed by atoms with Gasteiger partial charge in [0.15, 0.2) is 11.6 Å². The summed E-state index contributed by atoms with van der Waals surface area (Å²) in [6, 6.07) is 8.35. The lowest BCUT2D eigenvalue weighted by molar-refractivity contribution is 0.0693. The van der Waals surface area contributed by atoms with Crippen LogP contribution in [0, 0.1) is 23.0 Å². The fraction of sp³-hybridized carbons (Fsp3) is 0. The second-order valence-corrected chi connectivity index (χ2v) is 3.78. The van der Waals surface area contributed by atoms with Gasteiger partial charge in [-0.3, -0.25) is 0 Å². The molecule has 0 saturated carbocycles. The van der Waals surface area contributed by atoms with Crippen LogP contribution in [0.4, 0.5) is 8.78 Å². The average Bonchev–Trinajstić information content (AvgIpc) is 2.41. The predicted octanol–water partition coefficient (Wildman–Crippen LogP) is 3.33. The number of halogens is 2. The van der Waals surface area contributed by atoms with E-state index in [2.05, 4.69) is 0 Å². The molecule has 0 radical (unpaired) electrons. The second kappa shape index (κ2) is 5.36. The highest BCUT2D eigenvalue weighted by Crippen LogP contribution is 2.29. The zero-order valence-corrected chi connectivity index (χ0v) is 9.93. The number of hydrogen-bond donors (Lipinski definition) is 1. The molecule has 2 aromatic carbocycles. The first-order chi connectivity index (χ1) is 9.52. The summed E-state index contributed by atoms with van der Waals surface area (Å²) in [6.45, 7) is 0. The molecule has 0 aliphatic carbocycles. The number of carbonyl (C=O) groups is 1. The van der Waals surface area contributed by atoms with Gasteiger partial charge in [0.2, 0.25) is 0 Å². The van der Waals surface area contributed by atoms with E-state index in [0.29, 0.717) is 0 Å². The van der Waals surface area contributed by atoms with Gasteiger partial charge < -0.3 is 9.84 Å². The number of nitriles is 1. The van der Waals surface area contributed by atoms with Crippen molar-refractivity contribution < 1.29 is 23.4 Å². The summed E-state index contributed by atoms with van der Waals surface area (Å²) in [7, 11) is 0. The summed E-state index contributed by atoms with van der Waals surface area (Å²) < 4.78 is 32.1. The van der Waals surface area contributed by atoms with Crippen LogP contribution in [0.15, 0.2) is 36.4 Å². The summed E-state index contributed by atoms with van der Waals surface area (Å²) in [4.78, 5) is 11.0. The van der Waals surface area contributed by atoms with Crippen LogP contribution in [0.25, 0.3) is 0 Å². The van der Waals surface area contributed by atoms with Gasteiger partial charge in [-0.1, -0.05) is 6.07 Å². The molecule has 4 nitrogen and oxygen atoms in total. The van der Waals surface area contributed by atoms with Gasteiger partial charge >= 0.3 is 5.97 Å². The third-order valence-corrected chi connectivity index (χ3v) is 2.48. The Bertz CT molecular complexity index is 723. The highest BCUT2D eigenvalue weighted by molar-refractivity contribution is 5.91. The number of benzene rings is 2. The molecule has 0 amide bonds. The molecule has 0 aromatic heterocycles. The molecule has 0 bridgehead atoms. The average molecular weight is 275 g/mol. The maximum Gasteiger partial charge on any atom is 0.339 e. The monoisotopic (exact) mass is 275 g/mol. The molecule has 100 valence electrons. The van der Waals surface area contributed by atoms with E-state index in [1.165, 1.54) is 18.2 Å². The fourth-order valence-electron chi connectivity index (χ4n) is 1.55. The standard InChI is InChI=1S/C14H7F2NO3/c15-11-3-1-2-10(14(18)19)13(11)20-9-5-4-8(7-17)12(16)6-9/h1-6H,(H,18,19). The molecular weight excluding hydrogens is 268 g/mol. The minimum atomic E-state index is -1.37. The Morgan fingerprint density at radius 1 is 1.20 bits per heavy atom. The normalized spacial score (nSPS) is 9.85. The number of ether oxygens (including phenoxy) is 1. The second-order valence-electron chi connectivity index (χ2n) is 3.78. The van der Waals surface area contributed by atoms with Gasteiger partial charge in [0, 0.05) is 6.07 Å². The largest absolute Gasteiger partial charge is 0.478 e. The van der Waals surface area contributed by atoms with E-state index >= 15 is 0 Å². The molecule has 2 rings (SSSR count). The van der Waals surface area contributed by atoms with E-state index in [9.17, 15) is 13.6 Å². The van der Waals surface area contributed by atoms with Crippen molar-refractivity contribution in [2.75, 3.05) is 0 Å². The Balaban J connectivity index is 2.43. The van der Waals surface area contributed by atoms with Crippen LogP contribution >= 0.6 is 0 Å². The van der Waals surface area contributed by atoms with Crippen molar-refractivity contribution in [1.29, 1.82) is 5.26 Å². The quantitative estimate of drug-likeness (QED) is 0.932. The maximum atomic E-state index is 13.6. The number of hydrogen-bond acceptors (Lipinski definition) is 3. The minimum absolute atomic E-state index is 0.103. The molecule has 0 heterocycles. The summed E-state index contributed by atoms with van der Waals surface area (Å²) in [5.74, 6) is -3.69. The molecule has 0 unspecified atom stereocenters. The van der Waals surface area contributed by atoms with E-state index < -0.39 is 23.4 Å². The van der Waals surface area contributed by atoms with Gasteiger partial charge in [0.25, 0.3) is 0 Å². The Morgan fingerprint density at radius 2 is 1.95 bits per heavy atom. The summed E-state index contributed by atoms with van der Waals surface area (Å²) in [5.41, 5.74) is -0.570. The lowest BCUT2D eigenvalue weighted by Crippen LogP contribution is -2.02. The van der Waals surface area contributed by atoms with Gasteiger partial charge in [-0.05, 0) is 24.3 Å². The summed E-state index contributed by atoms with van der Waals surface area (Å²) >= 11 is 0. The Kier molecular flexibility index (Phi) is 3.62. The third kappa shape index (κ3) is 2.57. The number of aromatic carboxylic acids is 1. The van der Waals surface area contributed by atoms with Crippen molar-refractivity contribution in [2.45, 2.75) is 0 Å². The summed E-state index contributed by atoms with van der Waals surface area (Å²) in [6.07, 6.45) is 0. The molecule has 0 fully saturated rings. The van der Waals surface area contributed by atoms with Crippen molar-refractivity contribution in [2.24, 2.45) is 0 Å². The van der Waals surface area contributed by atoms with Crippen molar-refractivity contribution in [3.05, 3.63) is 59.2 Å². The zero-order chi connectivity index (χ0) is 14.7. The van der Waals surface area contributed by atoms with Gasteiger partial charge in [-0.15, -0.1) is 0 Å². The SMILES string of the molecule is N#Cc1ccc(Oc2c(F)cccc2C(=O)O)cc1F. The minimum Gasteiger partial charge on any atom is -0.478 e. The summed E-state index contributed by atoms with van der Waals surface area (Å²) in [5, 5.41) is 17.5. The molecule has 2 aromatic rings. The number of para-hydroxylation sites is 1.